The highest BCUT2D eigenvalue weighted by molar-refractivity contribution is 6.00. The number of amides is 2. The van der Waals surface area contributed by atoms with Crippen LogP contribution in [0.5, 0.6) is 5.75 Å². The summed E-state index contributed by atoms with van der Waals surface area (Å²) in [6, 6.07) is 15.6. The molecule has 34 heavy (non-hydrogen) atoms. The molecule has 0 saturated heterocycles. The number of benzene rings is 2. The molecule has 0 bridgehead atoms. The number of aromatic hydroxyl groups is 1. The van der Waals surface area contributed by atoms with Gasteiger partial charge in [-0.2, -0.15) is 5.10 Å². The molecule has 0 aliphatic rings. The second-order valence-corrected chi connectivity index (χ2v) is 7.92. The SMILES string of the molecule is CCn1nc(-c2cccc(-c3cccc(O)c3)c2)cc(NC(=O)Nc2c(C)cncc2C)c1=O. The average molecular weight is 456 g/mol. The van der Waals surface area contributed by atoms with Crippen molar-refractivity contribution in [2.75, 3.05) is 10.6 Å². The number of phenols is 1. The van der Waals surface area contributed by atoms with Gasteiger partial charge in [0.15, 0.2) is 0 Å². The minimum absolute atomic E-state index is 0.122. The van der Waals surface area contributed by atoms with E-state index in [1.165, 1.54) is 4.68 Å². The van der Waals surface area contributed by atoms with Crippen LogP contribution in [0.15, 0.2) is 71.8 Å². The van der Waals surface area contributed by atoms with Crippen molar-refractivity contribution in [3.05, 3.63) is 88.5 Å². The first-order valence-corrected chi connectivity index (χ1v) is 10.9. The van der Waals surface area contributed by atoms with E-state index < -0.39 is 11.6 Å². The Morgan fingerprint density at radius 3 is 2.26 bits per heavy atom. The molecule has 0 aliphatic carbocycles. The van der Waals surface area contributed by atoms with Crippen molar-refractivity contribution in [3.63, 3.8) is 0 Å². The van der Waals surface area contributed by atoms with Gasteiger partial charge in [-0.15, -0.1) is 0 Å². The summed E-state index contributed by atoms with van der Waals surface area (Å²) in [5, 5.41) is 19.8. The van der Waals surface area contributed by atoms with Crippen LogP contribution in [-0.2, 0) is 6.54 Å². The summed E-state index contributed by atoms with van der Waals surface area (Å²) >= 11 is 0. The van der Waals surface area contributed by atoms with Crippen molar-refractivity contribution < 1.29 is 9.90 Å². The maximum Gasteiger partial charge on any atom is 0.323 e. The highest BCUT2D eigenvalue weighted by Crippen LogP contribution is 2.28. The number of urea groups is 1. The maximum absolute atomic E-state index is 12.9. The predicted octanol–water partition coefficient (Wildman–Crippen LogP) is 4.96. The van der Waals surface area contributed by atoms with E-state index in [2.05, 4.69) is 20.7 Å². The molecule has 172 valence electrons. The Hall–Kier alpha value is -4.46. The summed E-state index contributed by atoms with van der Waals surface area (Å²) in [6.45, 7) is 5.86. The first kappa shape index (κ1) is 22.7. The standard InChI is InChI=1S/C26H25N5O3/c1-4-31-25(33)23(28-26(34)29-24-16(2)14-27-15-17(24)3)13-22(30-31)20-9-5-7-18(11-20)19-8-6-10-21(32)12-19/h5-15,32H,4H2,1-3H3,(H2,27,28,29,34). The Kier molecular flexibility index (Phi) is 6.40. The van der Waals surface area contributed by atoms with E-state index in [0.29, 0.717) is 17.9 Å². The lowest BCUT2D eigenvalue weighted by atomic mass is 10.0. The van der Waals surface area contributed by atoms with Gasteiger partial charge in [0.1, 0.15) is 11.4 Å². The summed E-state index contributed by atoms with van der Waals surface area (Å²) < 4.78 is 1.31. The second-order valence-electron chi connectivity index (χ2n) is 7.92. The Labute approximate surface area is 196 Å². The first-order valence-electron chi connectivity index (χ1n) is 10.9. The van der Waals surface area contributed by atoms with E-state index in [0.717, 1.165) is 27.8 Å². The highest BCUT2D eigenvalue weighted by Gasteiger charge is 2.14. The molecular weight excluding hydrogens is 430 g/mol. The highest BCUT2D eigenvalue weighted by atomic mass is 16.3. The maximum atomic E-state index is 12.9. The van der Waals surface area contributed by atoms with Crippen molar-refractivity contribution in [1.82, 2.24) is 14.8 Å². The van der Waals surface area contributed by atoms with Crippen molar-refractivity contribution in [2.45, 2.75) is 27.3 Å². The molecule has 4 rings (SSSR count). The molecule has 0 fully saturated rings. The van der Waals surface area contributed by atoms with Gasteiger partial charge in [0, 0.05) is 24.5 Å². The van der Waals surface area contributed by atoms with E-state index in [4.69, 9.17) is 0 Å². The minimum atomic E-state index is -0.525. The summed E-state index contributed by atoms with van der Waals surface area (Å²) in [4.78, 5) is 29.7. The lowest BCUT2D eigenvalue weighted by Gasteiger charge is -2.14. The lowest BCUT2D eigenvalue weighted by Crippen LogP contribution is -2.30. The number of phenolic OH excluding ortho intramolecular Hbond substituents is 1. The van der Waals surface area contributed by atoms with Crippen LogP contribution in [0.3, 0.4) is 0 Å². The number of nitrogens with one attached hydrogen (secondary N) is 2. The Bertz CT molecular complexity index is 1410. The largest absolute Gasteiger partial charge is 0.508 e. The number of pyridine rings is 1. The molecule has 0 atom stereocenters. The number of carbonyl (C=O) groups excluding carboxylic acids is 1. The van der Waals surface area contributed by atoms with Crippen LogP contribution in [0, 0.1) is 13.8 Å². The molecule has 0 spiro atoms. The van der Waals surface area contributed by atoms with Crippen LogP contribution in [-0.4, -0.2) is 25.9 Å². The van der Waals surface area contributed by atoms with Crippen molar-refractivity contribution in [1.29, 1.82) is 0 Å². The molecule has 2 aromatic heterocycles. The molecule has 8 nitrogen and oxygen atoms in total. The predicted molar refractivity (Wildman–Crippen MR) is 133 cm³/mol. The zero-order valence-corrected chi connectivity index (χ0v) is 19.2. The minimum Gasteiger partial charge on any atom is -0.508 e. The zero-order chi connectivity index (χ0) is 24.2. The fourth-order valence-electron chi connectivity index (χ4n) is 3.70. The summed E-state index contributed by atoms with van der Waals surface area (Å²) in [6.07, 6.45) is 3.33. The van der Waals surface area contributed by atoms with E-state index >= 15 is 0 Å². The second kappa shape index (κ2) is 9.58. The van der Waals surface area contributed by atoms with Gasteiger partial charge in [-0.05, 0) is 67.3 Å². The van der Waals surface area contributed by atoms with Crippen LogP contribution < -0.4 is 16.2 Å². The fourth-order valence-corrected chi connectivity index (χ4v) is 3.70. The molecule has 4 aromatic rings. The fraction of sp³-hybridized carbons (Fsp3) is 0.154. The Morgan fingerprint density at radius 2 is 1.59 bits per heavy atom. The van der Waals surface area contributed by atoms with Crippen molar-refractivity contribution in [2.24, 2.45) is 0 Å². The van der Waals surface area contributed by atoms with Crippen LogP contribution in [0.2, 0.25) is 0 Å². The topological polar surface area (TPSA) is 109 Å². The molecule has 2 heterocycles. The van der Waals surface area contributed by atoms with Crippen LogP contribution in [0.25, 0.3) is 22.4 Å². The van der Waals surface area contributed by atoms with Crippen LogP contribution in [0.4, 0.5) is 16.2 Å². The number of anilines is 2. The third-order valence-electron chi connectivity index (χ3n) is 5.42. The monoisotopic (exact) mass is 455 g/mol. The number of rotatable bonds is 5. The van der Waals surface area contributed by atoms with Gasteiger partial charge < -0.3 is 15.7 Å². The molecule has 0 radical (unpaired) electrons. The van der Waals surface area contributed by atoms with Crippen LogP contribution in [0.1, 0.15) is 18.1 Å². The van der Waals surface area contributed by atoms with Gasteiger partial charge in [-0.25, -0.2) is 9.48 Å². The summed E-state index contributed by atoms with van der Waals surface area (Å²) in [5.41, 5.74) is 5.07. The van der Waals surface area contributed by atoms with Gasteiger partial charge in [0.2, 0.25) is 0 Å². The molecule has 8 heteroatoms. The number of nitrogens with zero attached hydrogens (tertiary/aromatic N) is 3. The van der Waals surface area contributed by atoms with E-state index in [1.54, 1.807) is 36.7 Å². The van der Waals surface area contributed by atoms with Crippen molar-refractivity contribution in [3.8, 4) is 28.1 Å². The molecule has 3 N–H and O–H groups in total. The van der Waals surface area contributed by atoms with E-state index in [9.17, 15) is 14.7 Å². The normalized spacial score (nSPS) is 10.7. The molecule has 2 aromatic carbocycles. The first-order chi connectivity index (χ1) is 16.4. The third-order valence-corrected chi connectivity index (χ3v) is 5.42. The van der Waals surface area contributed by atoms with Gasteiger partial charge in [-0.3, -0.25) is 9.78 Å². The van der Waals surface area contributed by atoms with Gasteiger partial charge in [0.05, 0.1) is 11.4 Å². The summed E-state index contributed by atoms with van der Waals surface area (Å²) in [5.74, 6) is 0.178. The van der Waals surface area contributed by atoms with Gasteiger partial charge >= 0.3 is 6.03 Å². The molecule has 0 unspecified atom stereocenters. The van der Waals surface area contributed by atoms with E-state index in [-0.39, 0.29) is 11.4 Å². The molecule has 0 saturated carbocycles. The molecular formula is C26H25N5O3. The number of hydrogen-bond acceptors (Lipinski definition) is 5. The lowest BCUT2D eigenvalue weighted by molar-refractivity contribution is 0.262. The number of aromatic nitrogens is 3. The Balaban J connectivity index is 1.68. The number of carbonyl (C=O) groups is 1. The summed E-state index contributed by atoms with van der Waals surface area (Å²) in [7, 11) is 0. The quantitative estimate of drug-likeness (QED) is 0.394. The van der Waals surface area contributed by atoms with Gasteiger partial charge in [0.25, 0.3) is 5.56 Å². The van der Waals surface area contributed by atoms with Crippen molar-refractivity contribution >= 4 is 17.4 Å². The number of hydrogen-bond donors (Lipinski definition) is 3. The smallest absolute Gasteiger partial charge is 0.323 e. The average Bonchev–Trinajstić information content (AvgIpc) is 2.83. The van der Waals surface area contributed by atoms with E-state index in [1.807, 2.05) is 51.1 Å². The molecule has 0 aliphatic heterocycles. The third kappa shape index (κ3) is 4.80. The van der Waals surface area contributed by atoms with Gasteiger partial charge in [-0.1, -0.05) is 30.3 Å². The van der Waals surface area contributed by atoms with Crippen LogP contribution >= 0.6 is 0 Å². The zero-order valence-electron chi connectivity index (χ0n) is 19.2. The Morgan fingerprint density at radius 1 is 0.941 bits per heavy atom. The number of aryl methyl sites for hydroxylation is 3. The molecule has 2 amide bonds.